The van der Waals surface area contributed by atoms with Gasteiger partial charge in [-0.3, -0.25) is 9.78 Å². The lowest BCUT2D eigenvalue weighted by Crippen LogP contribution is -2.23. The first-order valence-corrected chi connectivity index (χ1v) is 6.20. The van der Waals surface area contributed by atoms with Crippen LogP contribution in [0.2, 0.25) is 0 Å². The quantitative estimate of drug-likeness (QED) is 0.857. The molecule has 0 spiro atoms. The molecule has 0 saturated heterocycles. The van der Waals surface area contributed by atoms with E-state index < -0.39 is 0 Å². The number of carbonyl (C=O) groups excluding carboxylic acids is 1. The van der Waals surface area contributed by atoms with Crippen LogP contribution in [-0.4, -0.2) is 17.4 Å². The maximum atomic E-state index is 11.5. The Morgan fingerprint density at radius 1 is 1.29 bits per heavy atom. The van der Waals surface area contributed by atoms with E-state index in [9.17, 15) is 4.79 Å². The van der Waals surface area contributed by atoms with E-state index in [1.54, 1.807) is 6.20 Å². The Labute approximate surface area is 105 Å². The fraction of sp³-hybridized carbons (Fsp3) is 0.571. The lowest BCUT2D eigenvalue weighted by molar-refractivity contribution is 0.0955. The molecule has 96 valence electrons. The molecule has 1 heterocycles. The molecule has 3 nitrogen and oxygen atoms in total. The van der Waals surface area contributed by atoms with Gasteiger partial charge in [0.1, 0.15) is 0 Å². The minimum atomic E-state index is -0.0644. The van der Waals surface area contributed by atoms with E-state index in [2.05, 4.69) is 31.1 Å². The van der Waals surface area contributed by atoms with Crippen LogP contribution in [0.15, 0.2) is 18.3 Å². The molecule has 1 amide bonds. The average molecular weight is 236 g/mol. The number of pyridine rings is 1. The summed E-state index contributed by atoms with van der Waals surface area (Å²) in [7, 11) is 0. The van der Waals surface area contributed by atoms with Crippen LogP contribution in [0.4, 0.5) is 0 Å². The average Bonchev–Trinajstić information content (AvgIpc) is 2.31. The molecule has 0 atom stereocenters. The first kappa shape index (κ1) is 15.6. The van der Waals surface area contributed by atoms with Crippen molar-refractivity contribution < 1.29 is 4.79 Å². The fourth-order valence-corrected chi connectivity index (χ4v) is 1.23. The molecule has 0 fully saturated rings. The highest BCUT2D eigenvalue weighted by atomic mass is 16.1. The fourth-order valence-electron chi connectivity index (χ4n) is 1.23. The van der Waals surface area contributed by atoms with Gasteiger partial charge in [0.25, 0.3) is 5.91 Å². The summed E-state index contributed by atoms with van der Waals surface area (Å²) in [5.74, 6) is -0.0644. The molecule has 0 unspecified atom stereocenters. The number of nitrogens with one attached hydrogen (secondary N) is 1. The van der Waals surface area contributed by atoms with Gasteiger partial charge in [0.05, 0.1) is 5.56 Å². The van der Waals surface area contributed by atoms with E-state index in [4.69, 9.17) is 0 Å². The van der Waals surface area contributed by atoms with Gasteiger partial charge in [0.15, 0.2) is 0 Å². The Bertz CT molecular complexity index is 336. The molecule has 0 aliphatic carbocycles. The third kappa shape index (κ3) is 4.98. The second kappa shape index (κ2) is 7.05. The topological polar surface area (TPSA) is 42.0 Å². The molecule has 1 aromatic heterocycles. The lowest BCUT2D eigenvalue weighted by atomic mass is 9.91. The van der Waals surface area contributed by atoms with Crippen LogP contribution in [0.5, 0.6) is 0 Å². The van der Waals surface area contributed by atoms with Crippen molar-refractivity contribution in [1.29, 1.82) is 0 Å². The van der Waals surface area contributed by atoms with E-state index in [1.165, 1.54) is 0 Å². The maximum Gasteiger partial charge on any atom is 0.252 e. The summed E-state index contributed by atoms with van der Waals surface area (Å²) < 4.78 is 0. The summed E-state index contributed by atoms with van der Waals surface area (Å²) in [6.07, 6.45) is 1.63. The van der Waals surface area contributed by atoms with Crippen molar-refractivity contribution in [2.24, 2.45) is 0 Å². The van der Waals surface area contributed by atoms with Crippen LogP contribution >= 0.6 is 0 Å². The number of carbonyl (C=O) groups is 1. The Morgan fingerprint density at radius 2 is 1.88 bits per heavy atom. The second-order valence-corrected chi connectivity index (χ2v) is 4.54. The Morgan fingerprint density at radius 3 is 2.24 bits per heavy atom. The third-order valence-electron chi connectivity index (χ3n) is 2.13. The van der Waals surface area contributed by atoms with Crippen molar-refractivity contribution in [1.82, 2.24) is 10.3 Å². The summed E-state index contributed by atoms with van der Waals surface area (Å²) >= 11 is 0. The van der Waals surface area contributed by atoms with Gasteiger partial charge in [-0.05, 0) is 19.1 Å². The normalized spacial score (nSPS) is 10.2. The zero-order valence-electron chi connectivity index (χ0n) is 11.8. The Kier molecular flexibility index (Phi) is 6.47. The predicted molar refractivity (Wildman–Crippen MR) is 72.3 cm³/mol. The number of rotatable bonds is 2. The van der Waals surface area contributed by atoms with Crippen molar-refractivity contribution in [2.45, 2.75) is 47.0 Å². The van der Waals surface area contributed by atoms with Crippen molar-refractivity contribution >= 4 is 5.91 Å². The monoisotopic (exact) mass is 236 g/mol. The maximum absolute atomic E-state index is 11.5. The van der Waals surface area contributed by atoms with Crippen molar-refractivity contribution in [3.05, 3.63) is 29.6 Å². The highest BCUT2D eigenvalue weighted by molar-refractivity contribution is 5.93. The van der Waals surface area contributed by atoms with Gasteiger partial charge in [-0.1, -0.05) is 34.6 Å². The molecular formula is C14H24N2O. The summed E-state index contributed by atoms with van der Waals surface area (Å²) in [5.41, 5.74) is 1.64. The lowest BCUT2D eigenvalue weighted by Gasteiger charge is -2.17. The second-order valence-electron chi connectivity index (χ2n) is 4.54. The zero-order chi connectivity index (χ0) is 13.5. The third-order valence-corrected chi connectivity index (χ3v) is 2.13. The standard InChI is InChI=1S/C12H18N2O.C2H6/c1-5-13-11(15)9-6-7-10(14-8-9)12(2,3)4;1-2/h6-8H,5H2,1-4H3,(H,13,15);1-2H3. The Balaban J connectivity index is 0.00000121. The molecule has 0 radical (unpaired) electrons. The van der Waals surface area contributed by atoms with Gasteiger partial charge in [-0.25, -0.2) is 0 Å². The van der Waals surface area contributed by atoms with Crippen LogP contribution in [0.3, 0.4) is 0 Å². The van der Waals surface area contributed by atoms with Crippen LogP contribution < -0.4 is 5.32 Å². The smallest absolute Gasteiger partial charge is 0.252 e. The molecule has 1 aromatic rings. The molecule has 0 saturated carbocycles. The molecule has 0 aliphatic rings. The minimum Gasteiger partial charge on any atom is -0.352 e. The zero-order valence-corrected chi connectivity index (χ0v) is 11.8. The van der Waals surface area contributed by atoms with Gasteiger partial charge >= 0.3 is 0 Å². The molecule has 0 bridgehead atoms. The number of hydrogen-bond donors (Lipinski definition) is 1. The number of nitrogens with zero attached hydrogens (tertiary/aromatic N) is 1. The van der Waals surface area contributed by atoms with Crippen molar-refractivity contribution in [3.63, 3.8) is 0 Å². The van der Waals surface area contributed by atoms with Crippen LogP contribution in [0.25, 0.3) is 0 Å². The summed E-state index contributed by atoms with van der Waals surface area (Å²) in [5, 5.41) is 2.74. The summed E-state index contributed by atoms with van der Waals surface area (Å²) in [6, 6.07) is 3.73. The van der Waals surface area contributed by atoms with Crippen molar-refractivity contribution in [3.8, 4) is 0 Å². The molecule has 1 N–H and O–H groups in total. The minimum absolute atomic E-state index is 0.0275. The first-order valence-electron chi connectivity index (χ1n) is 6.20. The van der Waals surface area contributed by atoms with Crippen molar-refractivity contribution in [2.75, 3.05) is 6.54 Å². The summed E-state index contributed by atoms with van der Waals surface area (Å²) in [4.78, 5) is 15.7. The van der Waals surface area contributed by atoms with E-state index in [0.29, 0.717) is 12.1 Å². The van der Waals surface area contributed by atoms with Crippen LogP contribution in [0, 0.1) is 0 Å². The number of amides is 1. The molecule has 0 aliphatic heterocycles. The van der Waals surface area contributed by atoms with Gasteiger partial charge in [-0.15, -0.1) is 0 Å². The summed E-state index contributed by atoms with van der Waals surface area (Å²) in [6.45, 7) is 12.8. The van der Waals surface area contributed by atoms with Crippen LogP contribution in [0.1, 0.15) is 57.6 Å². The van der Waals surface area contributed by atoms with Gasteiger partial charge in [0.2, 0.25) is 0 Å². The SMILES string of the molecule is CC.CCNC(=O)c1ccc(C(C)(C)C)nc1. The Hall–Kier alpha value is -1.38. The number of hydrogen-bond acceptors (Lipinski definition) is 2. The molecule has 3 heteroatoms. The van der Waals surface area contributed by atoms with Crippen LogP contribution in [-0.2, 0) is 5.41 Å². The van der Waals surface area contributed by atoms with Gasteiger partial charge in [0, 0.05) is 23.9 Å². The molecular weight excluding hydrogens is 212 g/mol. The van der Waals surface area contributed by atoms with E-state index in [-0.39, 0.29) is 11.3 Å². The van der Waals surface area contributed by atoms with E-state index in [0.717, 1.165) is 5.69 Å². The number of aromatic nitrogens is 1. The predicted octanol–water partition coefficient (Wildman–Crippen LogP) is 3.16. The largest absolute Gasteiger partial charge is 0.352 e. The van der Waals surface area contributed by atoms with Gasteiger partial charge < -0.3 is 5.32 Å². The molecule has 0 aromatic carbocycles. The first-order chi connectivity index (χ1) is 7.95. The van der Waals surface area contributed by atoms with E-state index in [1.807, 2.05) is 32.9 Å². The van der Waals surface area contributed by atoms with Gasteiger partial charge in [-0.2, -0.15) is 0 Å². The molecule has 1 rings (SSSR count). The van der Waals surface area contributed by atoms with E-state index >= 15 is 0 Å². The molecule has 17 heavy (non-hydrogen) atoms. The highest BCUT2D eigenvalue weighted by Crippen LogP contribution is 2.19. The highest BCUT2D eigenvalue weighted by Gasteiger charge is 2.15.